The number of carbonyl (C=O) groups is 1. The highest BCUT2D eigenvalue weighted by Gasteiger charge is 2.37. The van der Waals surface area contributed by atoms with Gasteiger partial charge in [0.25, 0.3) is 0 Å². The first-order valence-electron chi connectivity index (χ1n) is 17.1. The van der Waals surface area contributed by atoms with Crippen molar-refractivity contribution >= 4 is 29.3 Å². The SMILES string of the molecule is CC/C=C\C/C=C\C/C=C\C/C=C\C/C=C\CCSCC.CC/C=C\C/C=C\C/C=C\C/C=C\CC/C=C/CSCC(=O)C(F)(F)F. The minimum atomic E-state index is -4.71. The third-order valence-electron chi connectivity index (χ3n) is 5.94. The van der Waals surface area contributed by atoms with Gasteiger partial charge in [0.05, 0.1) is 5.75 Å². The highest BCUT2D eigenvalue weighted by Crippen LogP contribution is 2.18. The Kier molecular flexibility index (Phi) is 39.5. The van der Waals surface area contributed by atoms with E-state index in [1.165, 1.54) is 17.9 Å². The van der Waals surface area contributed by atoms with Crippen LogP contribution < -0.4 is 0 Å². The van der Waals surface area contributed by atoms with Crippen LogP contribution in [0.25, 0.3) is 0 Å². The number of halogens is 3. The van der Waals surface area contributed by atoms with Gasteiger partial charge in [0.2, 0.25) is 5.78 Å². The van der Waals surface area contributed by atoms with Crippen LogP contribution in [-0.2, 0) is 4.79 Å². The Hall–Kier alpha value is -2.44. The van der Waals surface area contributed by atoms with Crippen LogP contribution >= 0.6 is 23.5 Å². The Labute approximate surface area is 294 Å². The number of alkyl halides is 3. The summed E-state index contributed by atoms with van der Waals surface area (Å²) in [5.74, 6) is 0.725. The molecule has 0 atom stereocenters. The number of allylic oxidation sites excluding steroid dienone is 19. The van der Waals surface area contributed by atoms with Crippen molar-refractivity contribution in [2.75, 3.05) is 23.0 Å². The van der Waals surface area contributed by atoms with Crippen molar-refractivity contribution in [1.82, 2.24) is 0 Å². The molecule has 0 aliphatic heterocycles. The maximum Gasteiger partial charge on any atom is 0.450 e. The van der Waals surface area contributed by atoms with Crippen LogP contribution in [-0.4, -0.2) is 35.0 Å². The molecule has 264 valence electrons. The second kappa shape index (κ2) is 39.7. The Morgan fingerprint density at radius 2 is 0.809 bits per heavy atom. The van der Waals surface area contributed by atoms with E-state index in [0.717, 1.165) is 82.4 Å². The van der Waals surface area contributed by atoms with E-state index in [0.29, 0.717) is 5.75 Å². The molecule has 0 rings (SSSR count). The summed E-state index contributed by atoms with van der Waals surface area (Å²) < 4.78 is 35.9. The van der Waals surface area contributed by atoms with E-state index < -0.39 is 17.7 Å². The molecule has 0 saturated heterocycles. The summed E-state index contributed by atoms with van der Waals surface area (Å²) in [5, 5.41) is 0. The molecule has 0 bridgehead atoms. The largest absolute Gasteiger partial charge is 0.450 e. The van der Waals surface area contributed by atoms with Crippen molar-refractivity contribution in [3.8, 4) is 0 Å². The van der Waals surface area contributed by atoms with Gasteiger partial charge in [-0.05, 0) is 88.6 Å². The average molecular weight is 691 g/mol. The van der Waals surface area contributed by atoms with Crippen LogP contribution in [0.1, 0.15) is 97.8 Å². The van der Waals surface area contributed by atoms with Crippen LogP contribution in [0.5, 0.6) is 0 Å². The van der Waals surface area contributed by atoms with Crippen molar-refractivity contribution in [2.45, 2.75) is 104 Å². The molecule has 47 heavy (non-hydrogen) atoms. The van der Waals surface area contributed by atoms with Crippen molar-refractivity contribution in [3.05, 3.63) is 122 Å². The minimum absolute atomic E-state index is 0.427. The fourth-order valence-corrected chi connectivity index (χ4v) is 4.77. The van der Waals surface area contributed by atoms with Crippen LogP contribution in [0.2, 0.25) is 0 Å². The summed E-state index contributed by atoms with van der Waals surface area (Å²) in [5.41, 5.74) is 0. The second-order valence-corrected chi connectivity index (χ2v) is 12.6. The predicted octanol–water partition coefficient (Wildman–Crippen LogP) is 13.9. The molecule has 0 aromatic heterocycles. The number of ketones is 1. The van der Waals surface area contributed by atoms with Gasteiger partial charge >= 0.3 is 6.18 Å². The number of unbranched alkanes of at least 4 members (excludes halogenated alkanes) is 1. The van der Waals surface area contributed by atoms with E-state index >= 15 is 0 Å². The summed E-state index contributed by atoms with van der Waals surface area (Å²) in [6, 6.07) is 0. The number of thioether (sulfide) groups is 2. The second-order valence-electron chi connectivity index (χ2n) is 10.2. The lowest BCUT2D eigenvalue weighted by Crippen LogP contribution is -2.24. The number of rotatable bonds is 27. The molecule has 0 amide bonds. The molecule has 0 aromatic carbocycles. The van der Waals surface area contributed by atoms with Gasteiger partial charge in [-0.15, -0.1) is 11.8 Å². The molecule has 0 unspecified atom stereocenters. The quantitative estimate of drug-likeness (QED) is 0.0631. The molecule has 0 N–H and O–H groups in total. The zero-order valence-corrected chi connectivity index (χ0v) is 30.9. The first-order chi connectivity index (χ1) is 22.9. The van der Waals surface area contributed by atoms with Crippen molar-refractivity contribution in [2.24, 2.45) is 0 Å². The molecular weight excluding hydrogens is 630 g/mol. The van der Waals surface area contributed by atoms with Crippen molar-refractivity contribution < 1.29 is 18.0 Å². The monoisotopic (exact) mass is 690 g/mol. The fraction of sp³-hybridized carbons (Fsp3) is 0.488. The first-order valence-corrected chi connectivity index (χ1v) is 19.5. The van der Waals surface area contributed by atoms with Crippen LogP contribution in [0, 0.1) is 0 Å². The maximum atomic E-state index is 12.0. The number of hydrogen-bond acceptors (Lipinski definition) is 3. The fourth-order valence-electron chi connectivity index (χ4n) is 3.44. The molecule has 0 saturated carbocycles. The van der Waals surface area contributed by atoms with Crippen LogP contribution in [0.15, 0.2) is 122 Å². The normalized spacial score (nSPS) is 13.2. The summed E-state index contributed by atoms with van der Waals surface area (Å²) >= 11 is 2.99. The van der Waals surface area contributed by atoms with E-state index in [-0.39, 0.29) is 0 Å². The highest BCUT2D eigenvalue weighted by molar-refractivity contribution is 8.00. The van der Waals surface area contributed by atoms with Crippen LogP contribution in [0.4, 0.5) is 13.2 Å². The molecule has 6 heteroatoms. The molecular formula is C41H61F3OS2. The Bertz CT molecular complexity index is 993. The Balaban J connectivity index is 0. The topological polar surface area (TPSA) is 17.1 Å². The van der Waals surface area contributed by atoms with Crippen molar-refractivity contribution in [3.63, 3.8) is 0 Å². The van der Waals surface area contributed by atoms with Gasteiger partial charge in [-0.3, -0.25) is 4.79 Å². The molecule has 1 nitrogen and oxygen atoms in total. The van der Waals surface area contributed by atoms with Crippen molar-refractivity contribution in [1.29, 1.82) is 0 Å². The van der Waals surface area contributed by atoms with Gasteiger partial charge < -0.3 is 0 Å². The van der Waals surface area contributed by atoms with Crippen LogP contribution in [0.3, 0.4) is 0 Å². The number of Topliss-reactive ketones (excluding diaryl/α,β-unsaturated/α-hetero) is 1. The molecule has 0 aliphatic carbocycles. The lowest BCUT2D eigenvalue weighted by Gasteiger charge is -2.02. The zero-order valence-electron chi connectivity index (χ0n) is 29.2. The van der Waals surface area contributed by atoms with Gasteiger partial charge in [0.15, 0.2) is 0 Å². The standard InChI is InChI=1S/C21H29F3OS.C20H32S/c1-2-3-4-5-6-7-8-9-10-11-12-13-14-15-16-17-18-26-19-20(25)21(22,23)24;1-3-5-6-7-8-9-10-11-12-13-14-15-16-17-18-19-20-21-4-2/h3-4,6-7,9-10,12-13,16-17H,2,5,8,11,14-15,18-19H2,1H3;5-6,8-9,11-12,14-15,17-18H,3-4,7,10,13,16,19-20H2,1-2H3/b4-3-,7-6-,10-9-,13-12-,17-16+;6-5-,9-8-,12-11-,15-14-,18-17-. The van der Waals surface area contributed by atoms with E-state index in [2.05, 4.69) is 130 Å². The van der Waals surface area contributed by atoms with E-state index in [4.69, 9.17) is 0 Å². The molecule has 0 radical (unpaired) electrons. The van der Waals surface area contributed by atoms with Gasteiger partial charge in [0, 0.05) is 5.75 Å². The molecule has 0 fully saturated rings. The Morgan fingerprint density at radius 1 is 0.468 bits per heavy atom. The lowest BCUT2D eigenvalue weighted by atomic mass is 10.2. The van der Waals surface area contributed by atoms with E-state index in [1.54, 1.807) is 0 Å². The van der Waals surface area contributed by atoms with E-state index in [9.17, 15) is 18.0 Å². The predicted molar refractivity (Wildman–Crippen MR) is 210 cm³/mol. The molecule has 0 aromatic rings. The zero-order chi connectivity index (χ0) is 34.9. The van der Waals surface area contributed by atoms with E-state index in [1.807, 2.05) is 23.9 Å². The third-order valence-corrected chi connectivity index (χ3v) is 7.77. The van der Waals surface area contributed by atoms with Gasteiger partial charge in [-0.2, -0.15) is 24.9 Å². The summed E-state index contributed by atoms with van der Waals surface area (Å²) in [7, 11) is 0. The summed E-state index contributed by atoms with van der Waals surface area (Å²) in [6.45, 7) is 6.50. The maximum absolute atomic E-state index is 12.0. The summed E-state index contributed by atoms with van der Waals surface area (Å²) in [4.78, 5) is 10.6. The molecule has 0 heterocycles. The first kappa shape index (κ1) is 46.7. The third kappa shape index (κ3) is 43.6. The smallest absolute Gasteiger partial charge is 0.289 e. The van der Waals surface area contributed by atoms with Gasteiger partial charge in [-0.25, -0.2) is 0 Å². The summed E-state index contributed by atoms with van der Waals surface area (Å²) in [6.07, 6.45) is 50.8. The van der Waals surface area contributed by atoms with Gasteiger partial charge in [-0.1, -0.05) is 142 Å². The lowest BCUT2D eigenvalue weighted by molar-refractivity contribution is -0.167. The van der Waals surface area contributed by atoms with Gasteiger partial charge in [0.1, 0.15) is 0 Å². The minimum Gasteiger partial charge on any atom is -0.289 e. The highest BCUT2D eigenvalue weighted by atomic mass is 32.2. The molecule has 0 aliphatic rings. The molecule has 0 spiro atoms. The average Bonchev–Trinajstić information content (AvgIpc) is 3.05. The number of hydrogen-bond donors (Lipinski definition) is 0. The number of carbonyl (C=O) groups excluding carboxylic acids is 1. The Morgan fingerprint density at radius 3 is 1.17 bits per heavy atom.